The lowest BCUT2D eigenvalue weighted by molar-refractivity contribution is -0.137. The van der Waals surface area contributed by atoms with Crippen molar-refractivity contribution in [3.05, 3.63) is 44.5 Å². The first-order valence-corrected chi connectivity index (χ1v) is 7.44. The van der Waals surface area contributed by atoms with Crippen molar-refractivity contribution in [2.75, 3.05) is 6.26 Å². The molecule has 0 unspecified atom stereocenters. The van der Waals surface area contributed by atoms with E-state index in [0.29, 0.717) is 12.1 Å². The van der Waals surface area contributed by atoms with Gasteiger partial charge in [0.1, 0.15) is 11.6 Å². The van der Waals surface area contributed by atoms with Crippen LogP contribution in [-0.2, 0) is 6.18 Å². The number of nitrogens with one attached hydrogen (secondary N) is 1. The molecule has 0 saturated heterocycles. The molecule has 0 aliphatic carbocycles. The monoisotopic (exact) mass is 363 g/mol. The minimum Gasteiger partial charge on any atom is -0.300 e. The molecule has 0 radical (unpaired) electrons. The molecule has 0 fully saturated rings. The van der Waals surface area contributed by atoms with Crippen LogP contribution < -0.4 is 5.56 Å². The average Bonchev–Trinajstić information content (AvgIpc) is 2.47. The molecule has 1 heterocycles. The third kappa shape index (κ3) is 3.33. The van der Waals surface area contributed by atoms with Gasteiger partial charge in [-0.05, 0) is 18.4 Å². The van der Waals surface area contributed by atoms with Crippen LogP contribution in [0.4, 0.5) is 17.6 Å². The van der Waals surface area contributed by atoms with Crippen molar-refractivity contribution in [2.24, 2.45) is 0 Å². The van der Waals surface area contributed by atoms with E-state index in [2.05, 4.69) is 9.97 Å². The topological polar surface area (TPSA) is 69.5 Å². The van der Waals surface area contributed by atoms with E-state index in [4.69, 9.17) is 16.9 Å². The summed E-state index contributed by atoms with van der Waals surface area (Å²) in [4.78, 5) is 17.9. The van der Waals surface area contributed by atoms with E-state index in [9.17, 15) is 22.4 Å². The van der Waals surface area contributed by atoms with E-state index < -0.39 is 45.0 Å². The van der Waals surface area contributed by atoms with Gasteiger partial charge in [0.15, 0.2) is 11.0 Å². The summed E-state index contributed by atoms with van der Waals surface area (Å²) in [5.41, 5.74) is -3.85. The van der Waals surface area contributed by atoms with Gasteiger partial charge in [0.2, 0.25) is 0 Å². The SMILES string of the molecule is CSc1nc(-c2cc(C(F)(F)F)cc(Cl)c2F)c(C#N)c(=O)[nH]1. The zero-order valence-electron chi connectivity index (χ0n) is 11.3. The molecule has 1 aromatic carbocycles. The second-order valence-electron chi connectivity index (χ2n) is 4.23. The van der Waals surface area contributed by atoms with Crippen LogP contribution in [0, 0.1) is 17.1 Å². The molecule has 10 heteroatoms. The van der Waals surface area contributed by atoms with Crippen molar-refractivity contribution in [1.82, 2.24) is 9.97 Å². The highest BCUT2D eigenvalue weighted by Crippen LogP contribution is 2.37. The van der Waals surface area contributed by atoms with Crippen LogP contribution in [0.2, 0.25) is 5.02 Å². The number of nitrogens with zero attached hydrogens (tertiary/aromatic N) is 2. The molecule has 2 rings (SSSR count). The summed E-state index contributed by atoms with van der Waals surface area (Å²) in [6, 6.07) is 2.40. The highest BCUT2D eigenvalue weighted by Gasteiger charge is 2.33. The molecular formula is C13H6ClF4N3OS. The Bertz CT molecular complexity index is 873. The molecule has 4 nitrogen and oxygen atoms in total. The molecule has 120 valence electrons. The number of nitriles is 1. The van der Waals surface area contributed by atoms with Gasteiger partial charge in [-0.15, -0.1) is 0 Å². The van der Waals surface area contributed by atoms with Gasteiger partial charge < -0.3 is 4.98 Å². The number of hydrogen-bond acceptors (Lipinski definition) is 4. The third-order valence-electron chi connectivity index (χ3n) is 2.81. The zero-order chi connectivity index (χ0) is 17.4. The number of benzene rings is 1. The second kappa shape index (κ2) is 6.22. The van der Waals surface area contributed by atoms with Gasteiger partial charge in [0.05, 0.1) is 16.3 Å². The molecule has 0 aliphatic heterocycles. The van der Waals surface area contributed by atoms with Gasteiger partial charge >= 0.3 is 6.18 Å². The van der Waals surface area contributed by atoms with Crippen molar-refractivity contribution in [2.45, 2.75) is 11.3 Å². The van der Waals surface area contributed by atoms with Crippen LogP contribution in [-0.4, -0.2) is 16.2 Å². The van der Waals surface area contributed by atoms with E-state index >= 15 is 0 Å². The second-order valence-corrected chi connectivity index (χ2v) is 5.43. The maximum absolute atomic E-state index is 14.2. The Labute approximate surface area is 136 Å². The summed E-state index contributed by atoms with van der Waals surface area (Å²) in [7, 11) is 0. The maximum atomic E-state index is 14.2. The molecule has 0 bridgehead atoms. The van der Waals surface area contributed by atoms with Crippen molar-refractivity contribution >= 4 is 23.4 Å². The van der Waals surface area contributed by atoms with E-state index in [-0.39, 0.29) is 5.16 Å². The summed E-state index contributed by atoms with van der Waals surface area (Å²) >= 11 is 6.48. The van der Waals surface area contributed by atoms with Crippen LogP contribution in [0.25, 0.3) is 11.3 Å². The molecule has 0 atom stereocenters. The number of H-pyrrole nitrogens is 1. The fourth-order valence-corrected chi connectivity index (χ4v) is 2.37. The molecular weight excluding hydrogens is 358 g/mol. The quantitative estimate of drug-likeness (QED) is 0.500. The Balaban J connectivity index is 2.87. The Kier molecular flexibility index (Phi) is 4.68. The Morgan fingerprint density at radius 3 is 2.57 bits per heavy atom. The molecule has 2 aromatic rings. The lowest BCUT2D eigenvalue weighted by Crippen LogP contribution is -2.15. The highest BCUT2D eigenvalue weighted by molar-refractivity contribution is 7.98. The normalized spacial score (nSPS) is 11.3. The predicted octanol–water partition coefficient (Wildman–Crippen LogP) is 3.84. The van der Waals surface area contributed by atoms with Gasteiger partial charge in [0.25, 0.3) is 5.56 Å². The zero-order valence-corrected chi connectivity index (χ0v) is 12.8. The standard InChI is InChI=1S/C13H6ClF4N3OS/c1-23-12-20-10(7(4-19)11(22)21-12)6-2-5(13(16,17)18)3-8(14)9(6)15/h2-3H,1H3,(H,20,21,22). The lowest BCUT2D eigenvalue weighted by atomic mass is 10.0. The van der Waals surface area contributed by atoms with Crippen molar-refractivity contribution < 1.29 is 17.6 Å². The minimum absolute atomic E-state index is 0.0249. The number of halogens is 5. The van der Waals surface area contributed by atoms with Gasteiger partial charge in [-0.2, -0.15) is 18.4 Å². The van der Waals surface area contributed by atoms with Crippen LogP contribution in [0.5, 0.6) is 0 Å². The molecule has 0 spiro atoms. The Hall–Kier alpha value is -2.05. The molecule has 1 aromatic heterocycles. The van der Waals surface area contributed by atoms with Gasteiger partial charge in [-0.1, -0.05) is 23.4 Å². The molecule has 0 saturated carbocycles. The number of alkyl halides is 3. The molecule has 0 aliphatic rings. The van der Waals surface area contributed by atoms with Crippen molar-refractivity contribution in [3.8, 4) is 17.3 Å². The van der Waals surface area contributed by atoms with Gasteiger partial charge in [-0.3, -0.25) is 4.79 Å². The summed E-state index contributed by atoms with van der Waals surface area (Å²) in [6.07, 6.45) is -3.23. The maximum Gasteiger partial charge on any atom is 0.416 e. The van der Waals surface area contributed by atoms with Crippen molar-refractivity contribution in [3.63, 3.8) is 0 Å². The largest absolute Gasteiger partial charge is 0.416 e. The average molecular weight is 364 g/mol. The van der Waals surface area contributed by atoms with E-state index in [0.717, 1.165) is 11.8 Å². The third-order valence-corrected chi connectivity index (χ3v) is 3.67. The number of hydrogen-bond donors (Lipinski definition) is 1. The van der Waals surface area contributed by atoms with E-state index in [1.807, 2.05) is 0 Å². The fourth-order valence-electron chi connectivity index (χ4n) is 1.77. The van der Waals surface area contributed by atoms with E-state index in [1.54, 1.807) is 6.26 Å². The number of rotatable bonds is 2. The summed E-state index contributed by atoms with van der Waals surface area (Å²) in [5, 5.41) is 8.26. The smallest absolute Gasteiger partial charge is 0.300 e. The Morgan fingerprint density at radius 2 is 2.04 bits per heavy atom. The van der Waals surface area contributed by atoms with Gasteiger partial charge in [-0.25, -0.2) is 9.37 Å². The molecule has 23 heavy (non-hydrogen) atoms. The van der Waals surface area contributed by atoms with Crippen LogP contribution in [0.3, 0.4) is 0 Å². The number of aromatic amines is 1. The molecule has 0 amide bonds. The van der Waals surface area contributed by atoms with Crippen LogP contribution in [0.1, 0.15) is 11.1 Å². The predicted molar refractivity (Wildman–Crippen MR) is 76.8 cm³/mol. The fraction of sp³-hybridized carbons (Fsp3) is 0.154. The first-order valence-electron chi connectivity index (χ1n) is 5.84. The summed E-state index contributed by atoms with van der Waals surface area (Å²) < 4.78 is 52.8. The van der Waals surface area contributed by atoms with E-state index in [1.165, 1.54) is 6.07 Å². The van der Waals surface area contributed by atoms with Crippen LogP contribution in [0.15, 0.2) is 22.1 Å². The Morgan fingerprint density at radius 1 is 1.39 bits per heavy atom. The van der Waals surface area contributed by atoms with Gasteiger partial charge in [0, 0.05) is 5.56 Å². The summed E-state index contributed by atoms with van der Waals surface area (Å²) in [6.45, 7) is 0. The highest BCUT2D eigenvalue weighted by atomic mass is 35.5. The van der Waals surface area contributed by atoms with Crippen LogP contribution >= 0.6 is 23.4 Å². The lowest BCUT2D eigenvalue weighted by Gasteiger charge is -2.12. The number of thioether (sulfide) groups is 1. The molecule has 1 N–H and O–H groups in total. The first-order chi connectivity index (χ1) is 10.7. The number of aromatic nitrogens is 2. The first kappa shape index (κ1) is 17.3. The summed E-state index contributed by atoms with van der Waals surface area (Å²) in [5.74, 6) is -1.19. The van der Waals surface area contributed by atoms with Crippen molar-refractivity contribution in [1.29, 1.82) is 5.26 Å². The minimum atomic E-state index is -4.78.